The van der Waals surface area contributed by atoms with Crippen LogP contribution in [-0.4, -0.2) is 75.5 Å². The Morgan fingerprint density at radius 3 is 1.40 bits per heavy atom. The molecule has 0 bridgehead atoms. The molecule has 2 atom stereocenters. The first-order valence-electron chi connectivity index (χ1n) is 23.9. The van der Waals surface area contributed by atoms with E-state index in [9.17, 15) is 19.5 Å². The predicted octanol–water partition coefficient (Wildman–Crippen LogP) is 11.9. The molecule has 0 aliphatic carbocycles. The molecule has 2 unspecified atom stereocenters. The molecule has 0 spiro atoms. The first kappa shape index (κ1) is 54.8. The Bertz CT molecular complexity index is 989. The fourth-order valence-electron chi connectivity index (χ4n) is 7.09. The van der Waals surface area contributed by atoms with Crippen LogP contribution >= 0.6 is 0 Å². The maximum atomic E-state index is 12.7. The highest BCUT2D eigenvalue weighted by Gasteiger charge is 2.25. The number of likely N-dealkylation sites (N-methyl/N-ethyl adjacent to an activating group) is 1. The summed E-state index contributed by atoms with van der Waals surface area (Å²) < 4.78 is 17.2. The summed E-state index contributed by atoms with van der Waals surface area (Å²) in [5.74, 6) is -1.74. The van der Waals surface area contributed by atoms with Gasteiger partial charge in [0.05, 0.1) is 40.3 Å². The van der Waals surface area contributed by atoms with E-state index in [1.54, 1.807) is 21.1 Å². The Labute approximate surface area is 351 Å². The van der Waals surface area contributed by atoms with Crippen LogP contribution in [0.4, 0.5) is 0 Å². The van der Waals surface area contributed by atoms with Gasteiger partial charge in [0, 0.05) is 19.3 Å². The van der Waals surface area contributed by atoms with E-state index in [1.807, 2.05) is 0 Å². The van der Waals surface area contributed by atoms with Gasteiger partial charge in [0.15, 0.2) is 6.10 Å². The molecule has 57 heavy (non-hydrogen) atoms. The summed E-state index contributed by atoms with van der Waals surface area (Å²) in [5, 5.41) is 11.6. The van der Waals surface area contributed by atoms with Gasteiger partial charge in [0.25, 0.3) is 0 Å². The van der Waals surface area contributed by atoms with E-state index < -0.39 is 18.1 Å². The average molecular weight is 806 g/mol. The van der Waals surface area contributed by atoms with Crippen molar-refractivity contribution in [1.29, 1.82) is 0 Å². The number of esters is 2. The number of carbonyl (C=O) groups is 3. The van der Waals surface area contributed by atoms with Crippen molar-refractivity contribution in [3.8, 4) is 0 Å². The Morgan fingerprint density at radius 2 is 0.947 bits per heavy atom. The van der Waals surface area contributed by atoms with Crippen LogP contribution in [0.5, 0.6) is 0 Å². The van der Waals surface area contributed by atoms with E-state index in [-0.39, 0.29) is 42.7 Å². The second kappa shape index (κ2) is 40.6. The number of rotatable bonds is 43. The second-order valence-corrected chi connectivity index (χ2v) is 17.4. The van der Waals surface area contributed by atoms with Gasteiger partial charge in [-0.25, -0.2) is 0 Å². The number of hydrogen-bond acceptors (Lipinski definition) is 7. The lowest BCUT2D eigenvalue weighted by atomic mass is 10.0. The van der Waals surface area contributed by atoms with Crippen LogP contribution in [0.1, 0.15) is 219 Å². The molecule has 8 nitrogen and oxygen atoms in total. The molecule has 0 aromatic carbocycles. The molecule has 0 N–H and O–H groups in total. The number of carbonyl (C=O) groups excluding carboxylic acids is 3. The van der Waals surface area contributed by atoms with Crippen LogP contribution < -0.4 is 5.11 Å². The van der Waals surface area contributed by atoms with E-state index in [0.29, 0.717) is 12.8 Å². The fraction of sp³-hybridized carbons (Fsp3) is 0.857. The minimum atomic E-state index is -1.13. The zero-order valence-corrected chi connectivity index (χ0v) is 38.0. The molecule has 8 heteroatoms. The van der Waals surface area contributed by atoms with Gasteiger partial charge < -0.3 is 28.6 Å². The van der Waals surface area contributed by atoms with E-state index >= 15 is 0 Å². The third-order valence-electron chi connectivity index (χ3n) is 10.8. The highest BCUT2D eigenvalue weighted by molar-refractivity contribution is 5.70. The number of allylic oxidation sites excluding steroid dienone is 4. The van der Waals surface area contributed by atoms with Crippen molar-refractivity contribution >= 4 is 17.9 Å². The minimum absolute atomic E-state index is 0.0389. The van der Waals surface area contributed by atoms with Gasteiger partial charge in [-0.05, 0) is 38.5 Å². The third-order valence-corrected chi connectivity index (χ3v) is 10.8. The van der Waals surface area contributed by atoms with Crippen LogP contribution in [0.2, 0.25) is 0 Å². The monoisotopic (exact) mass is 806 g/mol. The summed E-state index contributed by atoms with van der Waals surface area (Å²) in [5.41, 5.74) is 0. The summed E-state index contributed by atoms with van der Waals surface area (Å²) in [6.07, 6.45) is 44.9. The molecule has 0 saturated heterocycles. The van der Waals surface area contributed by atoms with Crippen LogP contribution in [-0.2, 0) is 28.6 Å². The number of carboxylic acid groups (broad SMARTS) is 1. The molecule has 0 aliphatic rings. The minimum Gasteiger partial charge on any atom is -0.544 e. The molecule has 0 rings (SSSR count). The molecule has 0 amide bonds. The molecule has 0 fully saturated rings. The quantitative estimate of drug-likeness (QED) is 0.0262. The van der Waals surface area contributed by atoms with Crippen molar-refractivity contribution in [3.05, 3.63) is 24.3 Å². The van der Waals surface area contributed by atoms with Gasteiger partial charge in [-0.2, -0.15) is 0 Å². The summed E-state index contributed by atoms with van der Waals surface area (Å²) in [6, 6.07) is -0.725. The van der Waals surface area contributed by atoms with E-state index in [2.05, 4.69) is 38.2 Å². The van der Waals surface area contributed by atoms with Gasteiger partial charge in [0.2, 0.25) is 0 Å². The zero-order valence-electron chi connectivity index (χ0n) is 38.0. The van der Waals surface area contributed by atoms with Crippen molar-refractivity contribution in [2.75, 3.05) is 41.0 Å². The standard InChI is InChI=1S/C49H91NO7/c1-6-8-10-12-14-16-18-20-22-23-24-25-26-28-29-31-33-35-37-39-47(51)56-44-45(43-55-42-41-46(49(53)54)50(3,4)5)57-48(52)40-38-36-34-32-30-27-21-19-17-15-13-11-9-7-2/h13,15,19,21,45-46H,6-12,14,16-18,20,22-44H2,1-5H3/b15-13-,21-19-. The van der Waals surface area contributed by atoms with E-state index in [4.69, 9.17) is 14.2 Å². The van der Waals surface area contributed by atoms with Gasteiger partial charge in [-0.3, -0.25) is 9.59 Å². The third kappa shape index (κ3) is 39.1. The summed E-state index contributed by atoms with van der Waals surface area (Å²) in [7, 11) is 5.41. The Kier molecular flexibility index (Phi) is 39.0. The average Bonchev–Trinajstić information content (AvgIpc) is 3.17. The molecule has 0 radical (unpaired) electrons. The summed E-state index contributed by atoms with van der Waals surface area (Å²) >= 11 is 0. The van der Waals surface area contributed by atoms with Gasteiger partial charge >= 0.3 is 11.9 Å². The molecule has 0 heterocycles. The van der Waals surface area contributed by atoms with Crippen LogP contribution in [0.15, 0.2) is 24.3 Å². The molecular formula is C49H91NO7. The van der Waals surface area contributed by atoms with Crippen LogP contribution in [0.25, 0.3) is 0 Å². The molecule has 0 aliphatic heterocycles. The van der Waals surface area contributed by atoms with Crippen molar-refractivity contribution in [2.45, 2.75) is 231 Å². The Morgan fingerprint density at radius 1 is 0.526 bits per heavy atom. The number of carboxylic acids is 1. The van der Waals surface area contributed by atoms with E-state index in [0.717, 1.165) is 64.2 Å². The predicted molar refractivity (Wildman–Crippen MR) is 236 cm³/mol. The molecule has 0 aromatic rings. The van der Waals surface area contributed by atoms with Gasteiger partial charge in [-0.15, -0.1) is 0 Å². The maximum Gasteiger partial charge on any atom is 0.306 e. The summed E-state index contributed by atoms with van der Waals surface area (Å²) in [4.78, 5) is 36.9. The SMILES string of the molecule is CCCC/C=C\C/C=C\CCCCCCCC(=O)OC(COCCC(C(=O)[O-])[N+](C)(C)C)COC(=O)CCCCCCCCCCCCCCCCCCCCC. The first-order chi connectivity index (χ1) is 27.6. The zero-order chi connectivity index (χ0) is 42.1. The number of hydrogen-bond donors (Lipinski definition) is 0. The number of aliphatic carboxylic acids is 1. The number of ether oxygens (including phenoxy) is 3. The van der Waals surface area contributed by atoms with Crippen molar-refractivity contribution in [2.24, 2.45) is 0 Å². The molecule has 0 aromatic heterocycles. The van der Waals surface area contributed by atoms with Crippen molar-refractivity contribution in [3.63, 3.8) is 0 Å². The van der Waals surface area contributed by atoms with Crippen molar-refractivity contribution < 1.29 is 38.2 Å². The lowest BCUT2D eigenvalue weighted by Gasteiger charge is -2.34. The van der Waals surface area contributed by atoms with Gasteiger partial charge in [0.1, 0.15) is 12.6 Å². The van der Waals surface area contributed by atoms with Crippen molar-refractivity contribution in [1.82, 2.24) is 0 Å². The molecular weight excluding hydrogens is 715 g/mol. The highest BCUT2D eigenvalue weighted by Crippen LogP contribution is 2.16. The fourth-order valence-corrected chi connectivity index (χ4v) is 7.09. The Hall–Kier alpha value is -2.19. The first-order valence-corrected chi connectivity index (χ1v) is 23.9. The normalized spacial score (nSPS) is 13.1. The number of nitrogens with zero attached hydrogens (tertiary/aromatic N) is 1. The lowest BCUT2D eigenvalue weighted by Crippen LogP contribution is -2.55. The summed E-state index contributed by atoms with van der Waals surface area (Å²) in [6.45, 7) is 4.63. The smallest absolute Gasteiger partial charge is 0.306 e. The van der Waals surface area contributed by atoms with E-state index in [1.165, 1.54) is 122 Å². The topological polar surface area (TPSA) is 102 Å². The lowest BCUT2D eigenvalue weighted by molar-refractivity contribution is -0.889. The largest absolute Gasteiger partial charge is 0.544 e. The molecule has 334 valence electrons. The molecule has 0 saturated carbocycles. The van der Waals surface area contributed by atoms with Gasteiger partial charge in [-0.1, -0.05) is 186 Å². The second-order valence-electron chi connectivity index (χ2n) is 17.4. The van der Waals surface area contributed by atoms with Crippen LogP contribution in [0, 0.1) is 0 Å². The number of unbranched alkanes of at least 4 members (excludes halogenated alkanes) is 25. The highest BCUT2D eigenvalue weighted by atomic mass is 16.6. The number of quaternary nitrogens is 1. The van der Waals surface area contributed by atoms with Crippen LogP contribution in [0.3, 0.4) is 0 Å². The maximum absolute atomic E-state index is 12.7. The Balaban J connectivity index is 4.25.